The van der Waals surface area contributed by atoms with Gasteiger partial charge in [0.15, 0.2) is 0 Å². The Balaban J connectivity index is 2.41. The van der Waals surface area contributed by atoms with Crippen LogP contribution in [-0.4, -0.2) is 23.6 Å². The fourth-order valence-electron chi connectivity index (χ4n) is 1.59. The summed E-state index contributed by atoms with van der Waals surface area (Å²) in [5.74, 6) is 1.58. The van der Waals surface area contributed by atoms with Gasteiger partial charge in [0.1, 0.15) is 17.3 Å². The fourth-order valence-corrected chi connectivity index (χ4v) is 1.59. The molecule has 0 aliphatic heterocycles. The molecule has 17 heavy (non-hydrogen) atoms. The number of hydrogen-bond donors (Lipinski definition) is 1. The summed E-state index contributed by atoms with van der Waals surface area (Å²) in [6.07, 6.45) is 1.74. The van der Waals surface area contributed by atoms with Crippen molar-refractivity contribution in [2.75, 3.05) is 19.0 Å². The molecule has 0 amide bonds. The van der Waals surface area contributed by atoms with Gasteiger partial charge in [-0.05, 0) is 31.2 Å². The van der Waals surface area contributed by atoms with Crippen LogP contribution in [0.25, 0.3) is 11.4 Å². The van der Waals surface area contributed by atoms with Crippen molar-refractivity contribution in [1.29, 1.82) is 0 Å². The molecule has 0 radical (unpaired) electrons. The number of ether oxygens (including phenoxy) is 1. The summed E-state index contributed by atoms with van der Waals surface area (Å²) in [5, 5.41) is 3.18. The number of pyridine rings is 2. The second-order valence-electron chi connectivity index (χ2n) is 3.49. The normalized spacial score (nSPS) is 10.0. The largest absolute Gasteiger partial charge is 0.494 e. The predicted molar refractivity (Wildman–Crippen MR) is 68.2 cm³/mol. The number of anilines is 1. The van der Waals surface area contributed by atoms with Crippen molar-refractivity contribution < 1.29 is 4.74 Å². The SMILES string of the molecule is CCNc1cccc(-c2ncccc2OC)n1. The van der Waals surface area contributed by atoms with Crippen LogP contribution in [0.4, 0.5) is 5.82 Å². The lowest BCUT2D eigenvalue weighted by molar-refractivity contribution is 0.414. The first-order chi connectivity index (χ1) is 8.35. The van der Waals surface area contributed by atoms with Crippen LogP contribution >= 0.6 is 0 Å². The maximum atomic E-state index is 5.28. The molecule has 1 N–H and O–H groups in total. The molecule has 2 aromatic rings. The van der Waals surface area contributed by atoms with Gasteiger partial charge in [-0.3, -0.25) is 4.98 Å². The van der Waals surface area contributed by atoms with Gasteiger partial charge in [0.2, 0.25) is 0 Å². The van der Waals surface area contributed by atoms with Gasteiger partial charge in [-0.15, -0.1) is 0 Å². The van der Waals surface area contributed by atoms with Crippen molar-refractivity contribution >= 4 is 5.82 Å². The molecule has 2 aromatic heterocycles. The Morgan fingerprint density at radius 1 is 1.24 bits per heavy atom. The van der Waals surface area contributed by atoms with Gasteiger partial charge in [-0.1, -0.05) is 6.07 Å². The third kappa shape index (κ3) is 2.53. The van der Waals surface area contributed by atoms with Gasteiger partial charge in [-0.2, -0.15) is 0 Å². The Kier molecular flexibility index (Phi) is 3.55. The summed E-state index contributed by atoms with van der Waals surface area (Å²) in [6.45, 7) is 2.88. The van der Waals surface area contributed by atoms with Gasteiger partial charge in [-0.25, -0.2) is 4.98 Å². The molecule has 0 saturated heterocycles. The van der Waals surface area contributed by atoms with E-state index in [-0.39, 0.29) is 0 Å². The molecule has 2 heterocycles. The average molecular weight is 229 g/mol. The summed E-state index contributed by atoms with van der Waals surface area (Å²) < 4.78 is 5.28. The van der Waals surface area contributed by atoms with Crippen LogP contribution in [-0.2, 0) is 0 Å². The van der Waals surface area contributed by atoms with E-state index in [0.29, 0.717) is 0 Å². The minimum absolute atomic E-state index is 0.730. The first-order valence-electron chi connectivity index (χ1n) is 5.55. The van der Waals surface area contributed by atoms with Crippen molar-refractivity contribution in [2.24, 2.45) is 0 Å². The molecule has 0 aromatic carbocycles. The highest BCUT2D eigenvalue weighted by Gasteiger charge is 2.08. The highest BCUT2D eigenvalue weighted by molar-refractivity contribution is 5.63. The van der Waals surface area contributed by atoms with E-state index in [0.717, 1.165) is 29.5 Å². The zero-order valence-corrected chi connectivity index (χ0v) is 9.97. The monoisotopic (exact) mass is 229 g/mol. The summed E-state index contributed by atoms with van der Waals surface area (Å²) in [7, 11) is 1.63. The van der Waals surface area contributed by atoms with Crippen LogP contribution in [0, 0.1) is 0 Å². The highest BCUT2D eigenvalue weighted by Crippen LogP contribution is 2.26. The van der Waals surface area contributed by atoms with Crippen molar-refractivity contribution in [2.45, 2.75) is 6.92 Å². The first-order valence-corrected chi connectivity index (χ1v) is 5.55. The fraction of sp³-hybridized carbons (Fsp3) is 0.231. The number of methoxy groups -OCH3 is 1. The zero-order valence-electron chi connectivity index (χ0n) is 9.97. The van der Waals surface area contributed by atoms with Crippen molar-refractivity contribution in [3.8, 4) is 17.1 Å². The Morgan fingerprint density at radius 2 is 2.12 bits per heavy atom. The Morgan fingerprint density at radius 3 is 2.88 bits per heavy atom. The van der Waals surface area contributed by atoms with Crippen LogP contribution in [0.5, 0.6) is 5.75 Å². The smallest absolute Gasteiger partial charge is 0.146 e. The van der Waals surface area contributed by atoms with E-state index >= 15 is 0 Å². The topological polar surface area (TPSA) is 47.0 Å². The standard InChI is InChI=1S/C13H15N3O/c1-3-14-12-8-4-6-10(16-12)13-11(17-2)7-5-9-15-13/h4-9H,3H2,1-2H3,(H,14,16). The molecule has 88 valence electrons. The minimum atomic E-state index is 0.730. The van der Waals surface area contributed by atoms with Crippen molar-refractivity contribution in [3.05, 3.63) is 36.5 Å². The summed E-state index contributed by atoms with van der Waals surface area (Å²) in [6, 6.07) is 9.53. The number of rotatable bonds is 4. The molecule has 0 spiro atoms. The molecule has 0 aliphatic carbocycles. The van der Waals surface area contributed by atoms with Gasteiger partial charge >= 0.3 is 0 Å². The van der Waals surface area contributed by atoms with E-state index in [9.17, 15) is 0 Å². The number of aromatic nitrogens is 2. The van der Waals surface area contributed by atoms with Crippen LogP contribution in [0.2, 0.25) is 0 Å². The quantitative estimate of drug-likeness (QED) is 0.875. The van der Waals surface area contributed by atoms with Crippen LogP contribution < -0.4 is 10.1 Å². The summed E-state index contributed by atoms with van der Waals surface area (Å²) in [4.78, 5) is 8.79. The molecule has 4 heteroatoms. The molecule has 2 rings (SSSR count). The second kappa shape index (κ2) is 5.30. The minimum Gasteiger partial charge on any atom is -0.494 e. The van der Waals surface area contributed by atoms with Gasteiger partial charge in [0.05, 0.1) is 12.8 Å². The molecule has 0 bridgehead atoms. The van der Waals surface area contributed by atoms with E-state index in [2.05, 4.69) is 15.3 Å². The lowest BCUT2D eigenvalue weighted by Crippen LogP contribution is -2.00. The Bertz CT molecular complexity index is 500. The van der Waals surface area contributed by atoms with Crippen molar-refractivity contribution in [1.82, 2.24) is 9.97 Å². The van der Waals surface area contributed by atoms with E-state index in [1.807, 2.05) is 37.3 Å². The maximum Gasteiger partial charge on any atom is 0.146 e. The average Bonchev–Trinajstić information content (AvgIpc) is 2.39. The van der Waals surface area contributed by atoms with Gasteiger partial charge in [0.25, 0.3) is 0 Å². The molecular weight excluding hydrogens is 214 g/mol. The van der Waals surface area contributed by atoms with E-state index in [4.69, 9.17) is 4.74 Å². The molecule has 0 aliphatic rings. The van der Waals surface area contributed by atoms with E-state index in [1.54, 1.807) is 13.3 Å². The number of hydrogen-bond acceptors (Lipinski definition) is 4. The number of nitrogens with zero attached hydrogens (tertiary/aromatic N) is 2. The van der Waals surface area contributed by atoms with E-state index < -0.39 is 0 Å². The first kappa shape index (κ1) is 11.4. The summed E-state index contributed by atoms with van der Waals surface area (Å²) in [5.41, 5.74) is 1.57. The Labute approximate surface area is 101 Å². The number of nitrogens with one attached hydrogen (secondary N) is 1. The molecular formula is C13H15N3O. The van der Waals surface area contributed by atoms with E-state index in [1.165, 1.54) is 0 Å². The predicted octanol–water partition coefficient (Wildman–Crippen LogP) is 2.58. The maximum absolute atomic E-state index is 5.28. The third-order valence-electron chi connectivity index (χ3n) is 2.34. The lowest BCUT2D eigenvalue weighted by atomic mass is 10.2. The molecule has 0 fully saturated rings. The van der Waals surface area contributed by atoms with Gasteiger partial charge in [0, 0.05) is 12.7 Å². The molecule has 0 atom stereocenters. The van der Waals surface area contributed by atoms with Gasteiger partial charge < -0.3 is 10.1 Å². The summed E-state index contributed by atoms with van der Waals surface area (Å²) >= 11 is 0. The highest BCUT2D eigenvalue weighted by atomic mass is 16.5. The van der Waals surface area contributed by atoms with Crippen LogP contribution in [0.1, 0.15) is 6.92 Å². The van der Waals surface area contributed by atoms with Crippen LogP contribution in [0.15, 0.2) is 36.5 Å². The van der Waals surface area contributed by atoms with Crippen LogP contribution in [0.3, 0.4) is 0 Å². The molecule has 0 unspecified atom stereocenters. The Hall–Kier alpha value is -2.10. The molecule has 4 nitrogen and oxygen atoms in total. The second-order valence-corrected chi connectivity index (χ2v) is 3.49. The molecule has 0 saturated carbocycles. The zero-order chi connectivity index (χ0) is 12.1. The lowest BCUT2D eigenvalue weighted by Gasteiger charge is -2.08. The van der Waals surface area contributed by atoms with Crippen molar-refractivity contribution in [3.63, 3.8) is 0 Å². The third-order valence-corrected chi connectivity index (χ3v) is 2.34.